The van der Waals surface area contributed by atoms with Gasteiger partial charge in [0, 0.05) is 9.77 Å². The average Bonchev–Trinajstić information content (AvgIpc) is 3.29. The van der Waals surface area contributed by atoms with Crippen LogP contribution in [0.1, 0.15) is 9.67 Å². The number of carbonyl (C=O) groups is 2. The number of esters is 1. The first-order valence-corrected chi connectivity index (χ1v) is 11.2. The molecule has 32 heavy (non-hydrogen) atoms. The minimum absolute atomic E-state index is 0.226. The molecule has 0 fully saturated rings. The Balaban J connectivity index is 1.35. The average molecular weight is 478 g/mol. The van der Waals surface area contributed by atoms with Gasteiger partial charge in [-0.2, -0.15) is 8.78 Å². The molecule has 0 saturated heterocycles. The van der Waals surface area contributed by atoms with Gasteiger partial charge in [-0.15, -0.1) is 11.3 Å². The maximum Gasteiger partial charge on any atom is 0.348 e. The Hall–Kier alpha value is -3.11. The highest BCUT2D eigenvalue weighted by Gasteiger charge is 2.17. The number of nitrogens with one attached hydrogen (secondary N) is 1. The van der Waals surface area contributed by atoms with Gasteiger partial charge in [0.2, 0.25) is 0 Å². The topological polar surface area (TPSA) is 73.9 Å². The molecular formula is C22H17F2NO5S2. The molecule has 0 unspecified atom stereocenters. The molecule has 1 aliphatic heterocycles. The Bertz CT molecular complexity index is 1140. The van der Waals surface area contributed by atoms with E-state index in [0.717, 1.165) is 10.4 Å². The van der Waals surface area contributed by atoms with E-state index in [-0.39, 0.29) is 10.6 Å². The van der Waals surface area contributed by atoms with Crippen LogP contribution in [-0.4, -0.2) is 37.5 Å². The van der Waals surface area contributed by atoms with Crippen molar-refractivity contribution in [2.45, 2.75) is 10.7 Å². The Labute approximate surface area is 190 Å². The number of fused-ring (bicyclic) bond motifs is 1. The molecule has 0 aliphatic carbocycles. The number of amides is 1. The van der Waals surface area contributed by atoms with E-state index in [2.05, 4.69) is 5.32 Å². The third-order valence-electron chi connectivity index (χ3n) is 4.35. The Morgan fingerprint density at radius 2 is 1.84 bits per heavy atom. The number of rotatable bonds is 7. The fourth-order valence-electron chi connectivity index (χ4n) is 2.96. The van der Waals surface area contributed by atoms with Gasteiger partial charge in [0.1, 0.15) is 18.1 Å². The molecule has 166 valence electrons. The Kier molecular flexibility index (Phi) is 6.91. The van der Waals surface area contributed by atoms with Crippen LogP contribution in [0.3, 0.4) is 0 Å². The summed E-state index contributed by atoms with van der Waals surface area (Å²) in [7, 11) is 0. The van der Waals surface area contributed by atoms with Gasteiger partial charge in [-0.05, 0) is 48.0 Å². The van der Waals surface area contributed by atoms with Crippen LogP contribution in [0.4, 0.5) is 14.5 Å². The molecule has 2 aromatic carbocycles. The minimum atomic E-state index is -2.62. The van der Waals surface area contributed by atoms with E-state index in [0.29, 0.717) is 41.4 Å². The molecule has 1 aliphatic rings. The standard InChI is InChI=1S/C22H17F2NO5S2/c23-22(24)32-18-4-2-1-3-14(18)25-20(26)12-30-21(27)19-8-7-17(31-19)13-5-6-15-16(11-13)29-10-9-28-15/h1-8,11,22H,9-10,12H2,(H,25,26). The number of para-hydroxylation sites is 1. The van der Waals surface area contributed by atoms with E-state index in [1.165, 1.54) is 23.5 Å². The van der Waals surface area contributed by atoms with Crippen LogP contribution in [0.15, 0.2) is 59.5 Å². The Morgan fingerprint density at radius 1 is 1.06 bits per heavy atom. The fourth-order valence-corrected chi connectivity index (χ4v) is 4.45. The van der Waals surface area contributed by atoms with Gasteiger partial charge in [0.15, 0.2) is 18.1 Å². The number of thiophene rings is 1. The zero-order chi connectivity index (χ0) is 22.5. The first kappa shape index (κ1) is 22.1. The van der Waals surface area contributed by atoms with Gasteiger partial charge >= 0.3 is 5.97 Å². The molecule has 4 rings (SSSR count). The second-order valence-electron chi connectivity index (χ2n) is 6.52. The summed E-state index contributed by atoms with van der Waals surface area (Å²) >= 11 is 1.55. The quantitative estimate of drug-likeness (QED) is 0.368. The summed E-state index contributed by atoms with van der Waals surface area (Å²) in [6.45, 7) is 0.446. The number of thioether (sulfide) groups is 1. The molecule has 1 amide bonds. The van der Waals surface area contributed by atoms with E-state index in [9.17, 15) is 18.4 Å². The van der Waals surface area contributed by atoms with Gasteiger partial charge in [-0.3, -0.25) is 4.79 Å². The van der Waals surface area contributed by atoms with Gasteiger partial charge < -0.3 is 19.5 Å². The largest absolute Gasteiger partial charge is 0.486 e. The van der Waals surface area contributed by atoms with Crippen LogP contribution in [0.2, 0.25) is 0 Å². The number of hydrogen-bond donors (Lipinski definition) is 1. The molecule has 10 heteroatoms. The number of alkyl halides is 2. The highest BCUT2D eigenvalue weighted by Crippen LogP contribution is 2.37. The van der Waals surface area contributed by atoms with Crippen molar-refractivity contribution in [3.8, 4) is 21.9 Å². The summed E-state index contributed by atoms with van der Waals surface area (Å²) in [5.41, 5.74) is 1.10. The second kappa shape index (κ2) is 10.0. The highest BCUT2D eigenvalue weighted by atomic mass is 32.2. The van der Waals surface area contributed by atoms with Gasteiger partial charge in [0.05, 0.1) is 5.69 Å². The number of benzene rings is 2. The predicted molar refractivity (Wildman–Crippen MR) is 118 cm³/mol. The molecular weight excluding hydrogens is 460 g/mol. The molecule has 0 saturated carbocycles. The number of carbonyl (C=O) groups excluding carboxylic acids is 2. The molecule has 0 bridgehead atoms. The van der Waals surface area contributed by atoms with E-state index in [1.54, 1.807) is 24.3 Å². The number of hydrogen-bond acceptors (Lipinski definition) is 7. The zero-order valence-corrected chi connectivity index (χ0v) is 18.1. The third-order valence-corrected chi connectivity index (χ3v) is 6.25. The molecule has 1 N–H and O–H groups in total. The number of anilines is 1. The third kappa shape index (κ3) is 5.38. The van der Waals surface area contributed by atoms with Crippen LogP contribution >= 0.6 is 23.1 Å². The summed E-state index contributed by atoms with van der Waals surface area (Å²) in [4.78, 5) is 25.9. The maximum absolute atomic E-state index is 12.7. The highest BCUT2D eigenvalue weighted by molar-refractivity contribution is 7.99. The summed E-state index contributed by atoms with van der Waals surface area (Å²) in [5, 5.41) is 2.49. The summed E-state index contributed by atoms with van der Waals surface area (Å²) < 4.78 is 41.5. The van der Waals surface area contributed by atoms with Crippen molar-refractivity contribution in [1.29, 1.82) is 0 Å². The van der Waals surface area contributed by atoms with E-state index in [1.807, 2.05) is 18.2 Å². The number of halogens is 2. The minimum Gasteiger partial charge on any atom is -0.486 e. The van der Waals surface area contributed by atoms with Crippen molar-refractivity contribution >= 4 is 40.7 Å². The normalized spacial score (nSPS) is 12.5. The summed E-state index contributed by atoms with van der Waals surface area (Å²) in [6, 6.07) is 15.1. The van der Waals surface area contributed by atoms with Crippen LogP contribution in [0, 0.1) is 0 Å². The van der Waals surface area contributed by atoms with E-state index < -0.39 is 24.2 Å². The van der Waals surface area contributed by atoms with Crippen molar-refractivity contribution in [3.63, 3.8) is 0 Å². The first-order valence-electron chi connectivity index (χ1n) is 9.50. The molecule has 0 atom stereocenters. The fraction of sp³-hybridized carbons (Fsp3) is 0.182. The van der Waals surface area contributed by atoms with Crippen LogP contribution in [0.25, 0.3) is 10.4 Å². The predicted octanol–water partition coefficient (Wildman–Crippen LogP) is 5.30. The van der Waals surface area contributed by atoms with Crippen molar-refractivity contribution in [2.24, 2.45) is 0 Å². The first-order chi connectivity index (χ1) is 15.5. The van der Waals surface area contributed by atoms with Crippen molar-refractivity contribution < 1.29 is 32.6 Å². The molecule has 0 spiro atoms. The van der Waals surface area contributed by atoms with Crippen LogP contribution < -0.4 is 14.8 Å². The van der Waals surface area contributed by atoms with Crippen LogP contribution in [0.5, 0.6) is 11.5 Å². The zero-order valence-electron chi connectivity index (χ0n) is 16.5. The molecule has 1 aromatic heterocycles. The van der Waals surface area contributed by atoms with E-state index in [4.69, 9.17) is 14.2 Å². The molecule has 0 radical (unpaired) electrons. The second-order valence-corrected chi connectivity index (χ2v) is 8.64. The lowest BCUT2D eigenvalue weighted by Gasteiger charge is -2.18. The lowest BCUT2D eigenvalue weighted by Crippen LogP contribution is -2.21. The van der Waals surface area contributed by atoms with Crippen molar-refractivity contribution in [1.82, 2.24) is 0 Å². The molecule has 6 nitrogen and oxygen atoms in total. The van der Waals surface area contributed by atoms with E-state index >= 15 is 0 Å². The summed E-state index contributed by atoms with van der Waals surface area (Å²) in [6.07, 6.45) is 0. The molecule has 2 heterocycles. The van der Waals surface area contributed by atoms with Gasteiger partial charge in [-0.25, -0.2) is 4.79 Å². The van der Waals surface area contributed by atoms with Crippen molar-refractivity contribution in [2.75, 3.05) is 25.1 Å². The lowest BCUT2D eigenvalue weighted by molar-refractivity contribution is -0.119. The number of ether oxygens (including phenoxy) is 3. The SMILES string of the molecule is O=C(COC(=O)c1ccc(-c2ccc3c(c2)OCCO3)s1)Nc1ccccc1SC(F)F. The summed E-state index contributed by atoms with van der Waals surface area (Å²) in [5.74, 6) is -2.56. The van der Waals surface area contributed by atoms with Crippen molar-refractivity contribution in [3.05, 3.63) is 59.5 Å². The van der Waals surface area contributed by atoms with Crippen LogP contribution in [-0.2, 0) is 9.53 Å². The van der Waals surface area contributed by atoms with Gasteiger partial charge in [-0.1, -0.05) is 23.9 Å². The lowest BCUT2D eigenvalue weighted by atomic mass is 10.1. The molecule has 3 aromatic rings. The Morgan fingerprint density at radius 3 is 2.66 bits per heavy atom. The smallest absolute Gasteiger partial charge is 0.348 e. The maximum atomic E-state index is 12.7. The van der Waals surface area contributed by atoms with Gasteiger partial charge in [0.25, 0.3) is 11.7 Å². The monoisotopic (exact) mass is 477 g/mol.